The molecule has 0 fully saturated rings. The summed E-state index contributed by atoms with van der Waals surface area (Å²) in [5.74, 6) is -0.205. The van der Waals surface area contributed by atoms with E-state index < -0.39 is 0 Å². The van der Waals surface area contributed by atoms with Gasteiger partial charge in [0.05, 0.1) is 0 Å². The molecule has 5 nitrogen and oxygen atoms in total. The van der Waals surface area contributed by atoms with Gasteiger partial charge in [-0.2, -0.15) is 0 Å². The Kier molecular flexibility index (Phi) is 6.02. The number of hydrogen-bond donors (Lipinski definition) is 3. The summed E-state index contributed by atoms with van der Waals surface area (Å²) in [7, 11) is 3.41. The lowest BCUT2D eigenvalue weighted by Gasteiger charge is -2.12. The van der Waals surface area contributed by atoms with E-state index in [0.29, 0.717) is 18.7 Å². The second-order valence-electron chi connectivity index (χ2n) is 4.46. The van der Waals surface area contributed by atoms with Crippen LogP contribution in [-0.4, -0.2) is 32.5 Å². The van der Waals surface area contributed by atoms with Crippen molar-refractivity contribution in [2.24, 2.45) is 5.92 Å². The standard InChI is InChI=1S/C14H21N3O2/c1-10(8-15-2)13(18)17-9-11-5-4-6-12(7-11)14(19)16-3/h4-7,10,15H,8-9H2,1-3H3,(H,16,19)(H,17,18). The van der Waals surface area contributed by atoms with Gasteiger partial charge in [-0.05, 0) is 24.7 Å². The molecular formula is C14H21N3O2. The molecule has 1 atom stereocenters. The van der Waals surface area contributed by atoms with Crippen LogP contribution >= 0.6 is 0 Å². The summed E-state index contributed by atoms with van der Waals surface area (Å²) < 4.78 is 0. The Morgan fingerprint density at radius 1 is 1.26 bits per heavy atom. The van der Waals surface area contributed by atoms with Crippen molar-refractivity contribution in [3.63, 3.8) is 0 Å². The molecule has 0 saturated carbocycles. The van der Waals surface area contributed by atoms with Crippen molar-refractivity contribution in [3.8, 4) is 0 Å². The fraction of sp³-hybridized carbons (Fsp3) is 0.429. The number of hydrogen-bond acceptors (Lipinski definition) is 3. The van der Waals surface area contributed by atoms with Gasteiger partial charge in [0.15, 0.2) is 0 Å². The molecule has 5 heteroatoms. The zero-order valence-electron chi connectivity index (χ0n) is 11.6. The maximum absolute atomic E-state index is 11.8. The van der Waals surface area contributed by atoms with E-state index in [2.05, 4.69) is 16.0 Å². The van der Waals surface area contributed by atoms with E-state index in [1.54, 1.807) is 19.2 Å². The zero-order chi connectivity index (χ0) is 14.3. The molecule has 1 unspecified atom stereocenters. The van der Waals surface area contributed by atoms with Crippen molar-refractivity contribution in [1.29, 1.82) is 0 Å². The quantitative estimate of drug-likeness (QED) is 0.700. The van der Waals surface area contributed by atoms with Gasteiger partial charge in [-0.25, -0.2) is 0 Å². The van der Waals surface area contributed by atoms with Crippen LogP contribution in [0.15, 0.2) is 24.3 Å². The van der Waals surface area contributed by atoms with E-state index in [1.807, 2.05) is 26.1 Å². The average molecular weight is 263 g/mol. The topological polar surface area (TPSA) is 70.2 Å². The smallest absolute Gasteiger partial charge is 0.251 e. The van der Waals surface area contributed by atoms with Gasteiger partial charge in [-0.1, -0.05) is 19.1 Å². The second kappa shape index (κ2) is 7.53. The highest BCUT2D eigenvalue weighted by Crippen LogP contribution is 2.05. The molecule has 0 bridgehead atoms. The first-order valence-electron chi connectivity index (χ1n) is 6.31. The van der Waals surface area contributed by atoms with Crippen molar-refractivity contribution in [2.75, 3.05) is 20.6 Å². The third-order valence-electron chi connectivity index (χ3n) is 2.84. The van der Waals surface area contributed by atoms with E-state index in [1.165, 1.54) is 0 Å². The first kappa shape index (κ1) is 15.2. The molecule has 0 radical (unpaired) electrons. The number of amides is 2. The van der Waals surface area contributed by atoms with Gasteiger partial charge < -0.3 is 16.0 Å². The van der Waals surface area contributed by atoms with Gasteiger partial charge >= 0.3 is 0 Å². The largest absolute Gasteiger partial charge is 0.355 e. The van der Waals surface area contributed by atoms with E-state index >= 15 is 0 Å². The Labute approximate surface area is 113 Å². The minimum absolute atomic E-state index is 0.000281. The monoisotopic (exact) mass is 263 g/mol. The highest BCUT2D eigenvalue weighted by molar-refractivity contribution is 5.94. The lowest BCUT2D eigenvalue weighted by atomic mass is 10.1. The Balaban J connectivity index is 2.58. The third kappa shape index (κ3) is 4.71. The predicted molar refractivity (Wildman–Crippen MR) is 74.8 cm³/mol. The summed E-state index contributed by atoms with van der Waals surface area (Å²) in [6, 6.07) is 7.22. The molecule has 0 heterocycles. The second-order valence-corrected chi connectivity index (χ2v) is 4.46. The number of rotatable bonds is 6. The zero-order valence-corrected chi connectivity index (χ0v) is 11.6. The lowest BCUT2D eigenvalue weighted by molar-refractivity contribution is -0.124. The lowest BCUT2D eigenvalue weighted by Crippen LogP contribution is -2.33. The summed E-state index contributed by atoms with van der Waals surface area (Å²) >= 11 is 0. The van der Waals surface area contributed by atoms with Gasteiger partial charge in [0.25, 0.3) is 5.91 Å². The number of nitrogens with one attached hydrogen (secondary N) is 3. The molecule has 0 aromatic heterocycles. The van der Waals surface area contributed by atoms with Crippen LogP contribution in [0.3, 0.4) is 0 Å². The van der Waals surface area contributed by atoms with Crippen LogP contribution in [0.4, 0.5) is 0 Å². The minimum Gasteiger partial charge on any atom is -0.355 e. The van der Waals surface area contributed by atoms with Crippen LogP contribution in [0.25, 0.3) is 0 Å². The Hall–Kier alpha value is -1.88. The van der Waals surface area contributed by atoms with Crippen LogP contribution in [-0.2, 0) is 11.3 Å². The van der Waals surface area contributed by atoms with Gasteiger partial charge in [0.2, 0.25) is 5.91 Å². The molecule has 1 rings (SSSR count). The molecule has 104 valence electrons. The molecule has 0 saturated heterocycles. The summed E-state index contributed by atoms with van der Waals surface area (Å²) in [4.78, 5) is 23.2. The van der Waals surface area contributed by atoms with Crippen LogP contribution in [0, 0.1) is 5.92 Å². The predicted octanol–water partition coefficient (Wildman–Crippen LogP) is 0.518. The summed E-state index contributed by atoms with van der Waals surface area (Å²) in [6.45, 7) is 2.94. The van der Waals surface area contributed by atoms with Crippen molar-refractivity contribution in [1.82, 2.24) is 16.0 Å². The summed E-state index contributed by atoms with van der Waals surface area (Å²) in [5.41, 5.74) is 1.50. The molecule has 0 aliphatic rings. The first-order chi connectivity index (χ1) is 9.08. The van der Waals surface area contributed by atoms with Gasteiger partial charge in [-0.3, -0.25) is 9.59 Å². The van der Waals surface area contributed by atoms with Gasteiger partial charge in [0.1, 0.15) is 0 Å². The Morgan fingerprint density at radius 3 is 2.63 bits per heavy atom. The fourth-order valence-electron chi connectivity index (χ4n) is 1.73. The van der Waals surface area contributed by atoms with Crippen molar-refractivity contribution < 1.29 is 9.59 Å². The fourth-order valence-corrected chi connectivity index (χ4v) is 1.73. The number of benzene rings is 1. The SMILES string of the molecule is CNCC(C)C(=O)NCc1cccc(C(=O)NC)c1. The molecule has 0 spiro atoms. The van der Waals surface area contributed by atoms with E-state index in [0.717, 1.165) is 5.56 Å². The summed E-state index contributed by atoms with van der Waals surface area (Å²) in [6.07, 6.45) is 0. The molecule has 1 aromatic rings. The van der Waals surface area contributed by atoms with Crippen LogP contribution in [0.1, 0.15) is 22.8 Å². The molecule has 0 aliphatic heterocycles. The first-order valence-corrected chi connectivity index (χ1v) is 6.31. The van der Waals surface area contributed by atoms with E-state index in [4.69, 9.17) is 0 Å². The molecular weight excluding hydrogens is 242 g/mol. The van der Waals surface area contributed by atoms with Crippen LogP contribution in [0.5, 0.6) is 0 Å². The highest BCUT2D eigenvalue weighted by Gasteiger charge is 2.11. The third-order valence-corrected chi connectivity index (χ3v) is 2.84. The van der Waals surface area contributed by atoms with Crippen molar-refractivity contribution >= 4 is 11.8 Å². The normalized spacial score (nSPS) is 11.7. The van der Waals surface area contributed by atoms with Crippen molar-refractivity contribution in [3.05, 3.63) is 35.4 Å². The summed E-state index contributed by atoms with van der Waals surface area (Å²) in [5, 5.41) is 8.40. The molecule has 19 heavy (non-hydrogen) atoms. The van der Waals surface area contributed by atoms with Gasteiger partial charge in [-0.15, -0.1) is 0 Å². The van der Waals surface area contributed by atoms with E-state index in [9.17, 15) is 9.59 Å². The van der Waals surface area contributed by atoms with Gasteiger partial charge in [0, 0.05) is 31.6 Å². The maximum Gasteiger partial charge on any atom is 0.251 e. The van der Waals surface area contributed by atoms with Crippen LogP contribution in [0.2, 0.25) is 0 Å². The molecule has 1 aromatic carbocycles. The number of carbonyl (C=O) groups excluding carboxylic acids is 2. The molecule has 0 aliphatic carbocycles. The average Bonchev–Trinajstić information content (AvgIpc) is 2.44. The molecule has 3 N–H and O–H groups in total. The number of carbonyl (C=O) groups is 2. The minimum atomic E-state index is -0.128. The maximum atomic E-state index is 11.8. The Morgan fingerprint density at radius 2 is 2.00 bits per heavy atom. The Bertz CT molecular complexity index is 446. The van der Waals surface area contributed by atoms with Crippen molar-refractivity contribution in [2.45, 2.75) is 13.5 Å². The highest BCUT2D eigenvalue weighted by atomic mass is 16.2. The van der Waals surface area contributed by atoms with E-state index in [-0.39, 0.29) is 17.7 Å². The van der Waals surface area contributed by atoms with Crippen LogP contribution < -0.4 is 16.0 Å². The molecule has 2 amide bonds.